The zero-order valence-electron chi connectivity index (χ0n) is 21.3. The van der Waals surface area contributed by atoms with Crippen LogP contribution in [0.4, 0.5) is 0 Å². The molecule has 2 aromatic carbocycles. The average molecular weight is 481 g/mol. The van der Waals surface area contributed by atoms with Gasteiger partial charge in [-0.05, 0) is 87.1 Å². The predicted octanol–water partition coefficient (Wildman–Crippen LogP) is 5.54. The van der Waals surface area contributed by atoms with Gasteiger partial charge in [-0.3, -0.25) is 19.2 Å². The standard InChI is InChI=1S/C30H28N2O4/c1-15-7-17(3)27(18(4)8-15)21-11-25(31-29(35)23(21)13-33)26-12-22(24(14-34)30(36)32-26)28-19(5)9-16(2)10-20(28)6/h7-14H,1-6H3,(H,31,35)(H,32,36). The monoisotopic (exact) mass is 480 g/mol. The van der Waals surface area contributed by atoms with Crippen molar-refractivity contribution in [2.45, 2.75) is 41.5 Å². The number of aromatic nitrogens is 2. The van der Waals surface area contributed by atoms with E-state index >= 15 is 0 Å². The van der Waals surface area contributed by atoms with E-state index in [1.165, 1.54) is 0 Å². The molecule has 0 aliphatic rings. The molecule has 0 radical (unpaired) electrons. The van der Waals surface area contributed by atoms with Crippen LogP contribution in [0.15, 0.2) is 46.0 Å². The molecule has 0 saturated heterocycles. The number of aromatic amines is 2. The van der Waals surface area contributed by atoms with Crippen LogP contribution in [0.25, 0.3) is 33.6 Å². The SMILES string of the molecule is Cc1cc(C)c(-c2cc(-c3cc(-c4c(C)cc(C)cc4C)c(C=O)c(=O)[nH]3)[nH]c(=O)c2C=O)c(C)c1. The Morgan fingerprint density at radius 2 is 0.833 bits per heavy atom. The van der Waals surface area contributed by atoms with Crippen molar-refractivity contribution in [3.63, 3.8) is 0 Å². The van der Waals surface area contributed by atoms with Gasteiger partial charge in [0.1, 0.15) is 0 Å². The molecule has 0 atom stereocenters. The highest BCUT2D eigenvalue weighted by Crippen LogP contribution is 2.34. The van der Waals surface area contributed by atoms with E-state index in [1.54, 1.807) is 12.1 Å². The lowest BCUT2D eigenvalue weighted by atomic mass is 9.90. The Morgan fingerprint density at radius 3 is 1.11 bits per heavy atom. The van der Waals surface area contributed by atoms with Crippen LogP contribution in [-0.2, 0) is 0 Å². The first kappa shape index (κ1) is 24.8. The molecule has 2 heterocycles. The van der Waals surface area contributed by atoms with Gasteiger partial charge in [0, 0.05) is 11.1 Å². The number of hydrogen-bond donors (Lipinski definition) is 2. The molecule has 2 aromatic heterocycles. The van der Waals surface area contributed by atoms with Crippen LogP contribution in [0.5, 0.6) is 0 Å². The fourth-order valence-electron chi connectivity index (χ4n) is 5.29. The highest BCUT2D eigenvalue weighted by Gasteiger charge is 2.19. The molecule has 0 aliphatic heterocycles. The number of aldehydes is 2. The summed E-state index contributed by atoms with van der Waals surface area (Å²) in [6, 6.07) is 11.4. The smallest absolute Gasteiger partial charge is 0.259 e. The fourth-order valence-corrected chi connectivity index (χ4v) is 5.29. The lowest BCUT2D eigenvalue weighted by molar-refractivity contribution is 0.111. The quantitative estimate of drug-likeness (QED) is 0.366. The van der Waals surface area contributed by atoms with Gasteiger partial charge < -0.3 is 9.97 Å². The average Bonchev–Trinajstić information content (AvgIpc) is 2.77. The Labute approximate surface area is 209 Å². The van der Waals surface area contributed by atoms with Crippen LogP contribution in [0.3, 0.4) is 0 Å². The summed E-state index contributed by atoms with van der Waals surface area (Å²) in [5.74, 6) is 0. The number of hydrogen-bond acceptors (Lipinski definition) is 4. The van der Waals surface area contributed by atoms with Gasteiger partial charge in [-0.1, -0.05) is 35.4 Å². The minimum Gasteiger partial charge on any atom is -0.320 e. The third-order valence-electron chi connectivity index (χ3n) is 6.56. The molecule has 0 bridgehead atoms. The third-order valence-corrected chi connectivity index (χ3v) is 6.56. The van der Waals surface area contributed by atoms with Gasteiger partial charge in [-0.15, -0.1) is 0 Å². The maximum Gasteiger partial charge on any atom is 0.259 e. The normalized spacial score (nSPS) is 10.9. The molecule has 4 rings (SSSR count). The number of carbonyl (C=O) groups excluding carboxylic acids is 2. The maximum atomic E-state index is 13.0. The summed E-state index contributed by atoms with van der Waals surface area (Å²) in [5.41, 5.74) is 8.09. The molecule has 0 unspecified atom stereocenters. The topological polar surface area (TPSA) is 99.9 Å². The van der Waals surface area contributed by atoms with E-state index in [-0.39, 0.29) is 11.1 Å². The van der Waals surface area contributed by atoms with Crippen molar-refractivity contribution in [3.8, 4) is 33.6 Å². The lowest BCUT2D eigenvalue weighted by Gasteiger charge is -2.16. The van der Waals surface area contributed by atoms with Crippen LogP contribution >= 0.6 is 0 Å². The predicted molar refractivity (Wildman–Crippen MR) is 143 cm³/mol. The van der Waals surface area contributed by atoms with Crippen molar-refractivity contribution in [1.29, 1.82) is 0 Å². The van der Waals surface area contributed by atoms with Gasteiger partial charge in [0.25, 0.3) is 11.1 Å². The number of pyridine rings is 2. The minimum absolute atomic E-state index is 0.0195. The van der Waals surface area contributed by atoms with Gasteiger partial charge in [0.05, 0.1) is 22.5 Å². The third kappa shape index (κ3) is 4.26. The molecule has 6 heteroatoms. The van der Waals surface area contributed by atoms with Gasteiger partial charge in [-0.2, -0.15) is 0 Å². The fraction of sp³-hybridized carbons (Fsp3) is 0.200. The van der Waals surface area contributed by atoms with Crippen LogP contribution in [-0.4, -0.2) is 22.5 Å². The summed E-state index contributed by atoms with van der Waals surface area (Å²) in [7, 11) is 0. The van der Waals surface area contributed by atoms with Gasteiger partial charge >= 0.3 is 0 Å². The van der Waals surface area contributed by atoms with Gasteiger partial charge in [0.15, 0.2) is 12.6 Å². The lowest BCUT2D eigenvalue weighted by Crippen LogP contribution is -2.18. The van der Waals surface area contributed by atoms with Crippen molar-refractivity contribution in [1.82, 2.24) is 9.97 Å². The van der Waals surface area contributed by atoms with E-state index < -0.39 is 11.1 Å². The zero-order chi connectivity index (χ0) is 26.3. The Balaban J connectivity index is 2.05. The number of H-pyrrole nitrogens is 2. The van der Waals surface area contributed by atoms with Gasteiger partial charge in [-0.25, -0.2) is 0 Å². The summed E-state index contributed by atoms with van der Waals surface area (Å²) in [6.45, 7) is 11.7. The maximum absolute atomic E-state index is 13.0. The second-order valence-electron chi connectivity index (χ2n) is 9.46. The largest absolute Gasteiger partial charge is 0.320 e. The molecule has 6 nitrogen and oxygen atoms in total. The van der Waals surface area contributed by atoms with E-state index in [1.807, 2.05) is 65.8 Å². The van der Waals surface area contributed by atoms with Crippen LogP contribution < -0.4 is 11.1 Å². The molecule has 0 spiro atoms. The van der Waals surface area contributed by atoms with Crippen LogP contribution in [0.2, 0.25) is 0 Å². The molecule has 0 saturated carbocycles. The number of rotatable bonds is 5. The first-order valence-electron chi connectivity index (χ1n) is 11.7. The van der Waals surface area contributed by atoms with E-state index in [4.69, 9.17) is 0 Å². The second kappa shape index (κ2) is 9.38. The first-order chi connectivity index (χ1) is 17.0. The molecule has 2 N–H and O–H groups in total. The summed E-state index contributed by atoms with van der Waals surface area (Å²) < 4.78 is 0. The van der Waals surface area contributed by atoms with E-state index in [0.29, 0.717) is 35.1 Å². The molecule has 182 valence electrons. The Bertz CT molecular complexity index is 1500. The Morgan fingerprint density at radius 1 is 0.528 bits per heavy atom. The van der Waals surface area contributed by atoms with E-state index in [9.17, 15) is 19.2 Å². The number of nitrogens with one attached hydrogen (secondary N) is 2. The van der Waals surface area contributed by atoms with Crippen molar-refractivity contribution in [2.75, 3.05) is 0 Å². The number of aryl methyl sites for hydroxylation is 6. The van der Waals surface area contributed by atoms with E-state index in [0.717, 1.165) is 44.5 Å². The number of carbonyl (C=O) groups is 2. The summed E-state index contributed by atoms with van der Waals surface area (Å²) >= 11 is 0. The van der Waals surface area contributed by atoms with Crippen LogP contribution in [0, 0.1) is 41.5 Å². The Kier molecular flexibility index (Phi) is 6.46. The molecule has 0 fully saturated rings. The highest BCUT2D eigenvalue weighted by molar-refractivity contribution is 5.92. The molecular weight excluding hydrogens is 452 g/mol. The highest BCUT2D eigenvalue weighted by atomic mass is 16.1. The summed E-state index contributed by atoms with van der Waals surface area (Å²) in [6.07, 6.45) is 1.11. The second-order valence-corrected chi connectivity index (χ2v) is 9.46. The molecular formula is C30H28N2O4. The summed E-state index contributed by atoms with van der Waals surface area (Å²) in [4.78, 5) is 55.3. The zero-order valence-corrected chi connectivity index (χ0v) is 21.3. The molecule has 0 aliphatic carbocycles. The van der Waals surface area contributed by atoms with Crippen molar-refractivity contribution >= 4 is 12.6 Å². The van der Waals surface area contributed by atoms with Crippen molar-refractivity contribution in [3.05, 3.63) is 102 Å². The number of benzene rings is 2. The van der Waals surface area contributed by atoms with Crippen molar-refractivity contribution < 1.29 is 9.59 Å². The molecule has 0 amide bonds. The van der Waals surface area contributed by atoms with E-state index in [2.05, 4.69) is 9.97 Å². The summed E-state index contributed by atoms with van der Waals surface area (Å²) in [5, 5.41) is 0. The first-order valence-corrected chi connectivity index (χ1v) is 11.7. The minimum atomic E-state index is -0.554. The van der Waals surface area contributed by atoms with Gasteiger partial charge in [0.2, 0.25) is 0 Å². The van der Waals surface area contributed by atoms with Crippen molar-refractivity contribution in [2.24, 2.45) is 0 Å². The molecule has 4 aromatic rings. The molecule has 36 heavy (non-hydrogen) atoms. The Hall–Kier alpha value is -4.32. The van der Waals surface area contributed by atoms with Crippen LogP contribution in [0.1, 0.15) is 54.1 Å².